The van der Waals surface area contributed by atoms with Gasteiger partial charge in [0.25, 0.3) is 0 Å². The maximum atomic E-state index is 6.50. The van der Waals surface area contributed by atoms with E-state index in [1.165, 1.54) is 0 Å². The lowest BCUT2D eigenvalue weighted by Crippen LogP contribution is -2.53. The third-order valence-corrected chi connectivity index (χ3v) is 5.45. The highest BCUT2D eigenvalue weighted by Gasteiger charge is 2.41. The van der Waals surface area contributed by atoms with Gasteiger partial charge in [0, 0.05) is 28.2 Å². The SMILES string of the molecule is C=C(c1ccc(N)cc1)c1c(N)cc2c(c1N)C(N)(P)CCC2(N)N. The van der Waals surface area contributed by atoms with Crippen LogP contribution in [0.4, 0.5) is 17.1 Å². The fraction of sp³-hybridized carbons (Fsp3) is 0.222. The average Bonchev–Trinajstić information content (AvgIpc) is 2.52. The third-order valence-electron chi connectivity index (χ3n) is 4.88. The van der Waals surface area contributed by atoms with Gasteiger partial charge in [0.05, 0.1) is 10.9 Å². The van der Waals surface area contributed by atoms with E-state index in [2.05, 4.69) is 15.8 Å². The molecule has 0 radical (unpaired) electrons. The highest BCUT2D eigenvalue weighted by Crippen LogP contribution is 2.49. The minimum absolute atomic E-state index is 0.467. The first-order valence-corrected chi connectivity index (χ1v) is 8.56. The summed E-state index contributed by atoms with van der Waals surface area (Å²) < 4.78 is 0. The van der Waals surface area contributed by atoms with Crippen LogP contribution in [-0.4, -0.2) is 0 Å². The zero-order valence-electron chi connectivity index (χ0n) is 14.0. The molecule has 132 valence electrons. The van der Waals surface area contributed by atoms with Crippen LogP contribution in [0, 0.1) is 0 Å². The molecule has 0 fully saturated rings. The zero-order chi connectivity index (χ0) is 18.6. The van der Waals surface area contributed by atoms with Crippen molar-refractivity contribution in [3.63, 3.8) is 0 Å². The topological polar surface area (TPSA) is 156 Å². The summed E-state index contributed by atoms with van der Waals surface area (Å²) in [6, 6.07) is 9.14. The Kier molecular flexibility index (Phi) is 4.05. The Morgan fingerprint density at radius 2 is 1.60 bits per heavy atom. The van der Waals surface area contributed by atoms with Gasteiger partial charge in [0.2, 0.25) is 0 Å². The molecular formula is C18H25N6P. The van der Waals surface area contributed by atoms with E-state index < -0.39 is 10.9 Å². The van der Waals surface area contributed by atoms with Crippen LogP contribution >= 0.6 is 9.24 Å². The molecule has 2 atom stereocenters. The molecule has 12 N–H and O–H groups in total. The highest BCUT2D eigenvalue weighted by molar-refractivity contribution is 7.18. The molecule has 25 heavy (non-hydrogen) atoms. The predicted octanol–water partition coefficient (Wildman–Crippen LogP) is 1.35. The summed E-state index contributed by atoms with van der Waals surface area (Å²) in [5.74, 6) is 0. The molecule has 0 aromatic heterocycles. The van der Waals surface area contributed by atoms with E-state index in [-0.39, 0.29) is 0 Å². The van der Waals surface area contributed by atoms with E-state index in [1.807, 2.05) is 12.1 Å². The fourth-order valence-electron chi connectivity index (χ4n) is 3.43. The van der Waals surface area contributed by atoms with Crippen molar-refractivity contribution in [1.29, 1.82) is 0 Å². The van der Waals surface area contributed by atoms with Crippen molar-refractivity contribution in [3.8, 4) is 0 Å². The minimum Gasteiger partial charge on any atom is -0.399 e. The van der Waals surface area contributed by atoms with Gasteiger partial charge in [-0.15, -0.1) is 9.24 Å². The predicted molar refractivity (Wildman–Crippen MR) is 109 cm³/mol. The Balaban J connectivity index is 2.23. The molecule has 0 heterocycles. The Morgan fingerprint density at radius 1 is 1.00 bits per heavy atom. The number of hydrogen-bond donors (Lipinski definition) is 6. The van der Waals surface area contributed by atoms with Gasteiger partial charge in [-0.3, -0.25) is 0 Å². The second kappa shape index (κ2) is 5.71. The van der Waals surface area contributed by atoms with E-state index >= 15 is 0 Å². The maximum absolute atomic E-state index is 6.50. The van der Waals surface area contributed by atoms with Gasteiger partial charge < -0.3 is 34.4 Å². The van der Waals surface area contributed by atoms with Crippen LogP contribution in [0.1, 0.15) is 35.1 Å². The van der Waals surface area contributed by atoms with Crippen LogP contribution in [0.25, 0.3) is 5.57 Å². The van der Waals surface area contributed by atoms with E-state index in [4.69, 9.17) is 34.4 Å². The summed E-state index contributed by atoms with van der Waals surface area (Å²) in [7, 11) is 2.66. The largest absolute Gasteiger partial charge is 0.399 e. The summed E-state index contributed by atoms with van der Waals surface area (Å²) in [5, 5.41) is -0.717. The molecule has 2 aromatic carbocycles. The second-order valence-electron chi connectivity index (χ2n) is 6.86. The Bertz CT molecular complexity index is 855. The van der Waals surface area contributed by atoms with Crippen molar-refractivity contribution in [2.24, 2.45) is 17.2 Å². The monoisotopic (exact) mass is 356 g/mol. The molecule has 0 aliphatic heterocycles. The lowest BCUT2D eigenvalue weighted by Gasteiger charge is -2.42. The molecule has 6 nitrogen and oxygen atoms in total. The first-order chi connectivity index (χ1) is 11.5. The summed E-state index contributed by atoms with van der Waals surface area (Å²) in [6.07, 6.45) is 1.14. The number of anilines is 3. The lowest BCUT2D eigenvalue weighted by molar-refractivity contribution is 0.343. The van der Waals surface area contributed by atoms with E-state index in [0.29, 0.717) is 46.6 Å². The molecule has 2 unspecified atom stereocenters. The lowest BCUT2D eigenvalue weighted by atomic mass is 9.77. The van der Waals surface area contributed by atoms with Gasteiger partial charge in [-0.1, -0.05) is 18.7 Å². The smallest absolute Gasteiger partial charge is 0.0905 e. The van der Waals surface area contributed by atoms with Crippen molar-refractivity contribution in [2.75, 3.05) is 17.2 Å². The quantitative estimate of drug-likeness (QED) is 0.271. The van der Waals surface area contributed by atoms with Crippen LogP contribution in [-0.2, 0) is 10.9 Å². The molecule has 1 aliphatic rings. The van der Waals surface area contributed by atoms with Crippen molar-refractivity contribution in [3.05, 3.63) is 59.2 Å². The first-order valence-electron chi connectivity index (χ1n) is 7.98. The standard InChI is InChI=1S/C18H25N6P/c1-9(10-2-4-11(19)5-3-10)14-13(20)8-12-15(16(14)21)18(24,25)7-6-17(12,22)23/h2-5,8H,1,6-7,19-25H2. The number of fused-ring (bicyclic) bond motifs is 1. The van der Waals surface area contributed by atoms with Crippen LogP contribution in [0.2, 0.25) is 0 Å². The molecule has 3 rings (SSSR count). The van der Waals surface area contributed by atoms with Crippen molar-refractivity contribution < 1.29 is 0 Å². The van der Waals surface area contributed by atoms with Crippen LogP contribution < -0.4 is 34.4 Å². The van der Waals surface area contributed by atoms with E-state index in [0.717, 1.165) is 11.1 Å². The van der Waals surface area contributed by atoms with Gasteiger partial charge in [-0.25, -0.2) is 0 Å². The molecule has 0 saturated carbocycles. The van der Waals surface area contributed by atoms with Crippen molar-refractivity contribution >= 4 is 31.9 Å². The van der Waals surface area contributed by atoms with Crippen molar-refractivity contribution in [1.82, 2.24) is 0 Å². The van der Waals surface area contributed by atoms with Gasteiger partial charge in [0.15, 0.2) is 0 Å². The zero-order valence-corrected chi connectivity index (χ0v) is 15.2. The molecule has 0 saturated heterocycles. The number of nitrogen functional groups attached to an aromatic ring is 3. The van der Waals surface area contributed by atoms with Crippen LogP contribution in [0.15, 0.2) is 36.9 Å². The Morgan fingerprint density at radius 3 is 2.20 bits per heavy atom. The van der Waals surface area contributed by atoms with Gasteiger partial charge in [-0.2, -0.15) is 0 Å². The van der Waals surface area contributed by atoms with Gasteiger partial charge in [-0.05, 0) is 47.7 Å². The third kappa shape index (κ3) is 2.87. The molecule has 0 bridgehead atoms. The van der Waals surface area contributed by atoms with Crippen LogP contribution in [0.5, 0.6) is 0 Å². The molecule has 0 spiro atoms. The normalized spacial score (nSPS) is 21.6. The summed E-state index contributed by atoms with van der Waals surface area (Å²) in [4.78, 5) is 0. The highest BCUT2D eigenvalue weighted by atomic mass is 31.0. The van der Waals surface area contributed by atoms with E-state index in [1.54, 1.807) is 18.2 Å². The molecule has 0 amide bonds. The Hall–Kier alpha value is -2.11. The van der Waals surface area contributed by atoms with Gasteiger partial charge in [0.1, 0.15) is 0 Å². The van der Waals surface area contributed by atoms with E-state index in [9.17, 15) is 0 Å². The summed E-state index contributed by atoms with van der Waals surface area (Å²) >= 11 is 0. The molecule has 7 heteroatoms. The average molecular weight is 356 g/mol. The Labute approximate surface area is 149 Å². The fourth-order valence-corrected chi connectivity index (χ4v) is 3.89. The minimum atomic E-state index is -1.02. The van der Waals surface area contributed by atoms with Crippen molar-refractivity contribution in [2.45, 2.75) is 23.8 Å². The first kappa shape index (κ1) is 17.7. The molecular weight excluding hydrogens is 331 g/mol. The summed E-state index contributed by atoms with van der Waals surface area (Å²) in [6.45, 7) is 4.17. The number of benzene rings is 2. The molecule has 1 aliphatic carbocycles. The number of hydrogen-bond acceptors (Lipinski definition) is 6. The molecule has 2 aromatic rings. The van der Waals surface area contributed by atoms with Gasteiger partial charge >= 0.3 is 0 Å². The summed E-state index contributed by atoms with van der Waals surface area (Å²) in [5.41, 5.74) is 41.8. The maximum Gasteiger partial charge on any atom is 0.0905 e. The van der Waals surface area contributed by atoms with Crippen LogP contribution in [0.3, 0.4) is 0 Å². The number of rotatable bonds is 2. The second-order valence-corrected chi connectivity index (χ2v) is 7.89. The number of nitrogens with two attached hydrogens (primary N) is 6.